The van der Waals surface area contributed by atoms with E-state index < -0.39 is 64.4 Å². The molecule has 3 aromatic rings. The molecule has 0 unspecified atom stereocenters. The number of phenolic OH excluding ortho intramolecular Hbond substituents is 1. The Morgan fingerprint density at radius 2 is 1.50 bits per heavy atom. The lowest BCUT2D eigenvalue weighted by molar-refractivity contribution is -0.189. The van der Waals surface area contributed by atoms with E-state index >= 15 is 4.39 Å². The zero-order valence-electron chi connectivity index (χ0n) is 17.3. The largest absolute Gasteiger partial charge is 0.507 e. The van der Waals surface area contributed by atoms with Crippen molar-refractivity contribution in [1.82, 2.24) is 0 Å². The Balaban J connectivity index is 2.02. The molecule has 0 heterocycles. The number of phenols is 1. The van der Waals surface area contributed by atoms with Crippen molar-refractivity contribution in [3.8, 4) is 28.4 Å². The van der Waals surface area contributed by atoms with Gasteiger partial charge in [0.15, 0.2) is 23.2 Å². The fourth-order valence-corrected chi connectivity index (χ4v) is 3.27. The van der Waals surface area contributed by atoms with Crippen LogP contribution in [0.1, 0.15) is 24.5 Å². The first-order valence-electron chi connectivity index (χ1n) is 9.76. The lowest BCUT2D eigenvalue weighted by atomic mass is 9.98. The van der Waals surface area contributed by atoms with Gasteiger partial charge in [0, 0.05) is 18.2 Å². The Labute approximate surface area is 188 Å². The number of ether oxygens (including phenoxy) is 2. The minimum atomic E-state index is -4.83. The first-order chi connectivity index (χ1) is 15.9. The summed E-state index contributed by atoms with van der Waals surface area (Å²) in [5.74, 6) is -11.2. The van der Waals surface area contributed by atoms with Crippen LogP contribution >= 0.6 is 0 Å². The van der Waals surface area contributed by atoms with E-state index in [9.17, 15) is 35.8 Å². The van der Waals surface area contributed by atoms with E-state index in [2.05, 4.69) is 9.47 Å². The van der Waals surface area contributed by atoms with E-state index in [0.29, 0.717) is 6.42 Å². The van der Waals surface area contributed by atoms with Crippen molar-refractivity contribution in [1.29, 1.82) is 0 Å². The van der Waals surface area contributed by atoms with Gasteiger partial charge in [0.2, 0.25) is 0 Å². The summed E-state index contributed by atoms with van der Waals surface area (Å²) in [4.78, 5) is 0. The first-order valence-corrected chi connectivity index (χ1v) is 9.76. The van der Waals surface area contributed by atoms with Crippen LogP contribution in [0.25, 0.3) is 11.1 Å². The molecule has 0 spiro atoms. The fourth-order valence-electron chi connectivity index (χ4n) is 3.27. The Kier molecular flexibility index (Phi) is 7.23. The van der Waals surface area contributed by atoms with Crippen LogP contribution in [0.2, 0.25) is 0 Å². The predicted octanol–water partition coefficient (Wildman–Crippen LogP) is 7.30. The lowest BCUT2D eigenvalue weighted by Gasteiger charge is -2.21. The normalized spacial score (nSPS) is 11.7. The van der Waals surface area contributed by atoms with Gasteiger partial charge in [0.05, 0.1) is 5.56 Å². The van der Waals surface area contributed by atoms with Crippen LogP contribution in [0.5, 0.6) is 17.2 Å². The number of rotatable bonds is 8. The van der Waals surface area contributed by atoms with E-state index in [1.54, 1.807) is 12.1 Å². The van der Waals surface area contributed by atoms with E-state index in [1.807, 2.05) is 6.92 Å². The number of alkyl halides is 4. The summed E-state index contributed by atoms with van der Waals surface area (Å²) >= 11 is 0. The van der Waals surface area contributed by atoms with Gasteiger partial charge < -0.3 is 14.6 Å². The number of benzene rings is 3. The maximum absolute atomic E-state index is 15.1. The highest BCUT2D eigenvalue weighted by Crippen LogP contribution is 2.43. The van der Waals surface area contributed by atoms with Crippen molar-refractivity contribution < 1.29 is 49.7 Å². The molecule has 0 bridgehead atoms. The number of aromatic hydroxyl groups is 1. The van der Waals surface area contributed by atoms with Gasteiger partial charge >= 0.3 is 12.7 Å². The predicted molar refractivity (Wildman–Crippen MR) is 105 cm³/mol. The highest BCUT2D eigenvalue weighted by molar-refractivity contribution is 5.72. The molecular formula is C23H16F8O3. The molecule has 182 valence electrons. The highest BCUT2D eigenvalue weighted by Gasteiger charge is 2.43. The molecule has 0 radical (unpaired) electrons. The molecule has 3 rings (SSSR count). The average Bonchev–Trinajstić information content (AvgIpc) is 2.71. The minimum Gasteiger partial charge on any atom is -0.507 e. The van der Waals surface area contributed by atoms with E-state index in [1.165, 1.54) is 12.1 Å². The molecule has 0 aliphatic heterocycles. The van der Waals surface area contributed by atoms with Crippen LogP contribution in [0.4, 0.5) is 35.1 Å². The van der Waals surface area contributed by atoms with Crippen LogP contribution in [0.3, 0.4) is 0 Å². The quantitative estimate of drug-likeness (QED) is 0.336. The monoisotopic (exact) mass is 492 g/mol. The molecule has 0 aliphatic rings. The van der Waals surface area contributed by atoms with Crippen molar-refractivity contribution in [3.63, 3.8) is 0 Å². The summed E-state index contributed by atoms with van der Waals surface area (Å²) in [6.07, 6.45) is -3.34. The second-order valence-corrected chi connectivity index (χ2v) is 7.10. The first kappa shape index (κ1) is 25.1. The Morgan fingerprint density at radius 3 is 2.03 bits per heavy atom. The molecule has 0 saturated carbocycles. The van der Waals surface area contributed by atoms with Crippen LogP contribution < -0.4 is 9.47 Å². The minimum absolute atomic E-state index is 0.0440. The van der Waals surface area contributed by atoms with E-state index in [-0.39, 0.29) is 23.8 Å². The average molecular weight is 492 g/mol. The molecular weight excluding hydrogens is 476 g/mol. The van der Waals surface area contributed by atoms with Crippen molar-refractivity contribution in [3.05, 3.63) is 76.9 Å². The molecule has 0 fully saturated rings. The van der Waals surface area contributed by atoms with Crippen molar-refractivity contribution >= 4 is 0 Å². The topological polar surface area (TPSA) is 38.7 Å². The van der Waals surface area contributed by atoms with Crippen LogP contribution in [-0.4, -0.2) is 11.7 Å². The number of hydrogen-bond donors (Lipinski definition) is 1. The van der Waals surface area contributed by atoms with Gasteiger partial charge in [0.25, 0.3) is 0 Å². The third-order valence-electron chi connectivity index (χ3n) is 4.69. The summed E-state index contributed by atoms with van der Waals surface area (Å²) in [6, 6.07) is 6.24. The number of halogens is 8. The molecule has 3 aromatic carbocycles. The van der Waals surface area contributed by atoms with E-state index in [0.717, 1.165) is 12.0 Å². The summed E-state index contributed by atoms with van der Waals surface area (Å²) in [5, 5.41) is 10.0. The van der Waals surface area contributed by atoms with Crippen LogP contribution in [0.15, 0.2) is 42.5 Å². The van der Waals surface area contributed by atoms with Gasteiger partial charge in [-0.05, 0) is 17.5 Å². The summed E-state index contributed by atoms with van der Waals surface area (Å²) < 4.78 is 119. The second kappa shape index (κ2) is 9.78. The second-order valence-electron chi connectivity index (χ2n) is 7.10. The zero-order chi connectivity index (χ0) is 25.2. The van der Waals surface area contributed by atoms with Crippen LogP contribution in [0, 0.1) is 23.3 Å². The third kappa shape index (κ3) is 5.18. The molecule has 1 N–H and O–H groups in total. The summed E-state index contributed by atoms with van der Waals surface area (Å²) in [7, 11) is 0. The molecule has 11 heteroatoms. The Bertz CT molecular complexity index is 1160. The molecule has 34 heavy (non-hydrogen) atoms. The molecule has 3 nitrogen and oxygen atoms in total. The molecule has 0 saturated heterocycles. The van der Waals surface area contributed by atoms with Gasteiger partial charge in [-0.2, -0.15) is 17.6 Å². The molecule has 0 atom stereocenters. The molecule has 0 aromatic heterocycles. The SMILES string of the molecule is CCCc1ccc(-c2c(O)cc(F)c(C(F)(F)Oc3cc(F)c(OC(F)F)c(F)c3)c2F)cc1. The lowest BCUT2D eigenvalue weighted by Crippen LogP contribution is -2.25. The summed E-state index contributed by atoms with van der Waals surface area (Å²) in [6.45, 7) is -1.68. The summed E-state index contributed by atoms with van der Waals surface area (Å²) in [5.41, 5.74) is -1.88. The smallest absolute Gasteiger partial charge is 0.432 e. The third-order valence-corrected chi connectivity index (χ3v) is 4.69. The van der Waals surface area contributed by atoms with Crippen molar-refractivity contribution in [2.45, 2.75) is 32.5 Å². The molecule has 0 amide bonds. The van der Waals surface area contributed by atoms with Gasteiger partial charge in [-0.25, -0.2) is 17.6 Å². The standard InChI is InChI=1S/C23H16F8O3/c1-2-3-11-4-6-12(7-5-11)18-17(32)10-14(24)19(20(18)27)23(30,31)34-13-8-15(25)21(16(26)9-13)33-22(28)29/h4-10,22,32H,2-3H2,1H3. The maximum atomic E-state index is 15.1. The van der Waals surface area contributed by atoms with Gasteiger partial charge in [-0.1, -0.05) is 37.6 Å². The fraction of sp³-hybridized carbons (Fsp3) is 0.217. The van der Waals surface area contributed by atoms with Crippen molar-refractivity contribution in [2.24, 2.45) is 0 Å². The van der Waals surface area contributed by atoms with Gasteiger partial charge in [-0.3, -0.25) is 0 Å². The Morgan fingerprint density at radius 1 is 0.912 bits per heavy atom. The van der Waals surface area contributed by atoms with Gasteiger partial charge in [-0.15, -0.1) is 0 Å². The maximum Gasteiger partial charge on any atom is 0.432 e. The number of hydrogen-bond acceptors (Lipinski definition) is 3. The van der Waals surface area contributed by atoms with Crippen molar-refractivity contribution in [2.75, 3.05) is 0 Å². The highest BCUT2D eigenvalue weighted by atomic mass is 19.3. The number of aryl methyl sites for hydroxylation is 1. The zero-order valence-corrected chi connectivity index (χ0v) is 17.3. The Hall–Kier alpha value is -3.50. The molecule has 0 aliphatic carbocycles. The van der Waals surface area contributed by atoms with Crippen LogP contribution in [-0.2, 0) is 12.5 Å². The van der Waals surface area contributed by atoms with Gasteiger partial charge in [0.1, 0.15) is 22.9 Å². The van der Waals surface area contributed by atoms with E-state index in [4.69, 9.17) is 0 Å².